The van der Waals surface area contributed by atoms with Crippen molar-refractivity contribution in [3.05, 3.63) is 47.3 Å². The largest absolute Gasteiger partial charge is 0.204 e. The van der Waals surface area contributed by atoms with Crippen LogP contribution in [-0.4, -0.2) is 0 Å². The van der Waals surface area contributed by atoms with E-state index in [2.05, 4.69) is 24.8 Å². The minimum absolute atomic E-state index is 0.0932. The Balaban J connectivity index is 1.39. The zero-order valence-electron chi connectivity index (χ0n) is 18.2. The Morgan fingerprint density at radius 2 is 1.57 bits per heavy atom. The summed E-state index contributed by atoms with van der Waals surface area (Å²) in [6.07, 6.45) is 18.7. The van der Waals surface area contributed by atoms with Gasteiger partial charge in [0, 0.05) is 5.92 Å². The highest BCUT2D eigenvalue weighted by atomic mass is 19.2. The van der Waals surface area contributed by atoms with E-state index in [9.17, 15) is 13.2 Å². The lowest BCUT2D eigenvalue weighted by Gasteiger charge is -2.26. The maximum Gasteiger partial charge on any atom is 0.194 e. The van der Waals surface area contributed by atoms with E-state index < -0.39 is 17.5 Å². The van der Waals surface area contributed by atoms with Crippen molar-refractivity contribution in [3.63, 3.8) is 0 Å². The molecule has 0 saturated heterocycles. The Morgan fingerprint density at radius 3 is 2.20 bits per heavy atom. The average molecular weight is 417 g/mol. The molecule has 1 aromatic carbocycles. The predicted molar refractivity (Wildman–Crippen MR) is 118 cm³/mol. The van der Waals surface area contributed by atoms with Crippen LogP contribution in [0.3, 0.4) is 0 Å². The lowest BCUT2D eigenvalue weighted by molar-refractivity contribution is 0.289. The zero-order chi connectivity index (χ0) is 21.3. The standard InChI is InChI=1S/C27H35F3/c1-2-3-4-7-20-10-12-21(13-11-20)8-5-6-9-22-14-16-23(17-15-22)24-18-25(28)27(30)26(29)19-24/h5,8,18-23H,2-4,7,10-17H2,1H3/b8-5+/t20-,21-,22-,23-. The van der Waals surface area contributed by atoms with Crippen molar-refractivity contribution in [1.29, 1.82) is 0 Å². The fourth-order valence-electron chi connectivity index (χ4n) is 5.08. The normalized spacial score (nSPS) is 27.1. The molecule has 0 radical (unpaired) electrons. The van der Waals surface area contributed by atoms with Crippen molar-refractivity contribution < 1.29 is 13.2 Å². The molecule has 30 heavy (non-hydrogen) atoms. The van der Waals surface area contributed by atoms with Gasteiger partial charge in [0.15, 0.2) is 17.5 Å². The number of halogens is 3. The van der Waals surface area contributed by atoms with Gasteiger partial charge < -0.3 is 0 Å². The lowest BCUT2D eigenvalue weighted by atomic mass is 9.79. The predicted octanol–water partition coefficient (Wildman–Crippen LogP) is 8.32. The second kappa shape index (κ2) is 11.6. The van der Waals surface area contributed by atoms with E-state index in [0.717, 1.165) is 43.7 Å². The van der Waals surface area contributed by atoms with E-state index in [1.165, 1.54) is 51.4 Å². The molecule has 2 aliphatic rings. The molecule has 3 rings (SSSR count). The smallest absolute Gasteiger partial charge is 0.194 e. The van der Waals surface area contributed by atoms with Gasteiger partial charge in [0.05, 0.1) is 0 Å². The molecule has 0 amide bonds. The van der Waals surface area contributed by atoms with Crippen LogP contribution < -0.4 is 0 Å². The highest BCUT2D eigenvalue weighted by molar-refractivity contribution is 5.25. The molecule has 1 aromatic rings. The van der Waals surface area contributed by atoms with Gasteiger partial charge in [-0.05, 0) is 92.9 Å². The molecule has 2 fully saturated rings. The molecule has 0 N–H and O–H groups in total. The highest BCUT2D eigenvalue weighted by Crippen LogP contribution is 2.36. The van der Waals surface area contributed by atoms with E-state index in [0.29, 0.717) is 17.4 Å². The third kappa shape index (κ3) is 6.66. The van der Waals surface area contributed by atoms with Crippen molar-refractivity contribution >= 4 is 0 Å². The zero-order valence-corrected chi connectivity index (χ0v) is 18.2. The van der Waals surface area contributed by atoms with E-state index in [-0.39, 0.29) is 5.92 Å². The van der Waals surface area contributed by atoms with Crippen LogP contribution in [0.2, 0.25) is 0 Å². The molecular formula is C27H35F3. The maximum atomic E-state index is 13.5. The number of benzene rings is 1. The summed E-state index contributed by atoms with van der Waals surface area (Å²) >= 11 is 0. The minimum atomic E-state index is -1.38. The van der Waals surface area contributed by atoms with E-state index in [4.69, 9.17) is 0 Å². The second-order valence-electron chi connectivity index (χ2n) is 9.27. The number of hydrogen-bond acceptors (Lipinski definition) is 0. The highest BCUT2D eigenvalue weighted by Gasteiger charge is 2.23. The molecule has 164 valence electrons. The monoisotopic (exact) mass is 416 g/mol. The Kier molecular flexibility index (Phi) is 8.91. The third-order valence-electron chi connectivity index (χ3n) is 7.05. The van der Waals surface area contributed by atoms with Crippen molar-refractivity contribution in [2.75, 3.05) is 0 Å². The van der Waals surface area contributed by atoms with Gasteiger partial charge in [-0.25, -0.2) is 13.2 Å². The molecule has 3 heteroatoms. The summed E-state index contributed by atoms with van der Waals surface area (Å²) in [4.78, 5) is 0. The van der Waals surface area contributed by atoms with Gasteiger partial charge in [0.25, 0.3) is 0 Å². The van der Waals surface area contributed by atoms with E-state index in [1.54, 1.807) is 0 Å². The van der Waals surface area contributed by atoms with Gasteiger partial charge in [0.2, 0.25) is 0 Å². The average Bonchev–Trinajstić information content (AvgIpc) is 2.76. The topological polar surface area (TPSA) is 0 Å². The summed E-state index contributed by atoms with van der Waals surface area (Å²) in [7, 11) is 0. The molecule has 0 bridgehead atoms. The SMILES string of the molecule is CCCCC[C@H]1CC[C@H](/C=C/C#C[C@H]2CC[C@H](c3cc(F)c(F)c(F)c3)CC2)CC1. The summed E-state index contributed by atoms with van der Waals surface area (Å²) in [5.41, 5.74) is 0.572. The van der Waals surface area contributed by atoms with Crippen LogP contribution in [0.15, 0.2) is 24.3 Å². The molecular weight excluding hydrogens is 381 g/mol. The van der Waals surface area contributed by atoms with Crippen LogP contribution in [0.1, 0.15) is 95.5 Å². The molecule has 2 saturated carbocycles. The van der Waals surface area contributed by atoms with Crippen LogP contribution in [-0.2, 0) is 0 Å². The van der Waals surface area contributed by atoms with Gasteiger partial charge in [-0.2, -0.15) is 0 Å². The Bertz CT molecular complexity index is 731. The first-order valence-electron chi connectivity index (χ1n) is 11.9. The van der Waals surface area contributed by atoms with Crippen LogP contribution in [0, 0.1) is 47.0 Å². The molecule has 0 unspecified atom stereocenters. The van der Waals surface area contributed by atoms with Crippen LogP contribution in [0.5, 0.6) is 0 Å². The molecule has 0 atom stereocenters. The van der Waals surface area contributed by atoms with Crippen LogP contribution >= 0.6 is 0 Å². The Morgan fingerprint density at radius 1 is 0.900 bits per heavy atom. The number of hydrogen-bond donors (Lipinski definition) is 0. The van der Waals surface area contributed by atoms with Crippen molar-refractivity contribution in [1.82, 2.24) is 0 Å². The first-order valence-corrected chi connectivity index (χ1v) is 11.9. The summed E-state index contributed by atoms with van der Waals surface area (Å²) < 4.78 is 40.1. The summed E-state index contributed by atoms with van der Waals surface area (Å²) in [5, 5.41) is 0. The minimum Gasteiger partial charge on any atom is -0.204 e. The third-order valence-corrected chi connectivity index (χ3v) is 7.05. The van der Waals surface area contributed by atoms with Gasteiger partial charge in [-0.3, -0.25) is 0 Å². The van der Waals surface area contributed by atoms with Crippen molar-refractivity contribution in [2.24, 2.45) is 17.8 Å². The molecule has 0 aliphatic heterocycles. The fraction of sp³-hybridized carbons (Fsp3) is 0.630. The van der Waals surface area contributed by atoms with Gasteiger partial charge in [-0.15, -0.1) is 0 Å². The van der Waals surface area contributed by atoms with E-state index in [1.807, 2.05) is 6.08 Å². The van der Waals surface area contributed by atoms with Gasteiger partial charge >= 0.3 is 0 Å². The second-order valence-corrected chi connectivity index (χ2v) is 9.27. The maximum absolute atomic E-state index is 13.5. The lowest BCUT2D eigenvalue weighted by Crippen LogP contribution is -2.13. The van der Waals surface area contributed by atoms with Gasteiger partial charge in [0.1, 0.15) is 0 Å². The Hall–Kier alpha value is -1.69. The van der Waals surface area contributed by atoms with Crippen LogP contribution in [0.25, 0.3) is 0 Å². The quantitative estimate of drug-likeness (QED) is 0.248. The first-order chi connectivity index (χ1) is 14.6. The van der Waals surface area contributed by atoms with Crippen LogP contribution in [0.4, 0.5) is 13.2 Å². The van der Waals surface area contributed by atoms with Crippen molar-refractivity contribution in [3.8, 4) is 11.8 Å². The van der Waals surface area contributed by atoms with Crippen molar-refractivity contribution in [2.45, 2.75) is 89.9 Å². The summed E-state index contributed by atoms with van der Waals surface area (Å²) in [6, 6.07) is 2.30. The van der Waals surface area contributed by atoms with E-state index >= 15 is 0 Å². The molecule has 0 spiro atoms. The fourth-order valence-corrected chi connectivity index (χ4v) is 5.08. The molecule has 0 nitrogen and oxygen atoms in total. The Labute approximate surface area is 180 Å². The summed E-state index contributed by atoms with van der Waals surface area (Å²) in [6.45, 7) is 2.27. The molecule has 2 aliphatic carbocycles. The van der Waals surface area contributed by atoms with Gasteiger partial charge in [-0.1, -0.05) is 50.5 Å². The molecule has 0 heterocycles. The summed E-state index contributed by atoms with van der Waals surface area (Å²) in [5.74, 6) is 5.09. The number of rotatable bonds is 6. The number of unbranched alkanes of at least 4 members (excludes halogenated alkanes) is 2. The first kappa shape index (κ1) is 23.0. The number of allylic oxidation sites excluding steroid dienone is 2. The molecule has 0 aromatic heterocycles.